The van der Waals surface area contributed by atoms with Crippen molar-refractivity contribution in [2.24, 2.45) is 11.7 Å². The number of nitrogens with one attached hydrogen (secondary N) is 1. The van der Waals surface area contributed by atoms with Gasteiger partial charge >= 0.3 is 0 Å². The number of para-hydroxylation sites is 1. The fourth-order valence-electron chi connectivity index (χ4n) is 3.88. The van der Waals surface area contributed by atoms with Crippen molar-refractivity contribution in [1.29, 1.82) is 0 Å². The molecule has 6 heteroatoms. The van der Waals surface area contributed by atoms with Gasteiger partial charge in [0, 0.05) is 6.04 Å². The van der Waals surface area contributed by atoms with E-state index in [0.29, 0.717) is 29.2 Å². The van der Waals surface area contributed by atoms with Gasteiger partial charge in [0.15, 0.2) is 0 Å². The predicted octanol–water partition coefficient (Wildman–Crippen LogP) is 3.71. The van der Waals surface area contributed by atoms with Crippen LogP contribution in [0.15, 0.2) is 53.3 Å². The lowest BCUT2D eigenvalue weighted by molar-refractivity contribution is -0.118. The van der Waals surface area contributed by atoms with Gasteiger partial charge in [-0.25, -0.2) is 4.98 Å². The van der Waals surface area contributed by atoms with Crippen LogP contribution in [0.2, 0.25) is 0 Å². The highest BCUT2D eigenvalue weighted by Gasteiger charge is 2.18. The van der Waals surface area contributed by atoms with Gasteiger partial charge in [-0.15, -0.1) is 0 Å². The van der Waals surface area contributed by atoms with Gasteiger partial charge < -0.3 is 11.1 Å². The Labute approximate surface area is 183 Å². The molecular weight excluding hydrogens is 388 g/mol. The molecule has 164 valence electrons. The average Bonchev–Trinajstić information content (AvgIpc) is 2.75. The van der Waals surface area contributed by atoms with Crippen LogP contribution in [0.5, 0.6) is 0 Å². The summed E-state index contributed by atoms with van der Waals surface area (Å²) in [6.07, 6.45) is 3.47. The van der Waals surface area contributed by atoms with E-state index in [4.69, 9.17) is 5.73 Å². The van der Waals surface area contributed by atoms with Gasteiger partial charge in [0.25, 0.3) is 5.56 Å². The number of nitrogens with two attached hydrogens (primary N) is 1. The number of unbranched alkanes of at least 4 members (excludes halogenated alkanes) is 1. The molecule has 0 unspecified atom stereocenters. The molecule has 2 aromatic carbocycles. The van der Waals surface area contributed by atoms with E-state index in [1.165, 1.54) is 28.5 Å². The maximum Gasteiger partial charge on any atom is 0.261 e. The molecule has 0 spiro atoms. The van der Waals surface area contributed by atoms with Gasteiger partial charge in [-0.3, -0.25) is 14.2 Å². The minimum Gasteiger partial charge on any atom is -0.368 e. The Balaban J connectivity index is 1.88. The lowest BCUT2D eigenvalue weighted by atomic mass is 9.94. The molecule has 1 amide bonds. The molecule has 6 nitrogen and oxygen atoms in total. The Morgan fingerprint density at radius 2 is 1.84 bits per heavy atom. The largest absolute Gasteiger partial charge is 0.368 e. The van der Waals surface area contributed by atoms with Crippen molar-refractivity contribution in [3.05, 3.63) is 75.8 Å². The molecule has 3 rings (SSSR count). The van der Waals surface area contributed by atoms with Crippen LogP contribution in [0.3, 0.4) is 0 Å². The molecule has 0 bridgehead atoms. The van der Waals surface area contributed by atoms with E-state index in [1.54, 1.807) is 12.1 Å². The fraction of sp³-hybridized carbons (Fsp3) is 0.400. The average molecular weight is 421 g/mol. The Hall–Kier alpha value is -2.99. The molecule has 3 N–H and O–H groups in total. The number of carbonyl (C=O) groups is 1. The number of aromatic nitrogens is 2. The van der Waals surface area contributed by atoms with E-state index in [0.717, 1.165) is 6.42 Å². The SMILES string of the molecule is CCCCc1ccc([C@H](NCc2nc3ccccc3c(=O)n2CC(N)=O)C(C)C)cc1. The second-order valence-corrected chi connectivity index (χ2v) is 8.35. The molecule has 0 saturated heterocycles. The molecule has 0 aliphatic heterocycles. The standard InChI is InChI=1S/C25H32N4O2/c1-4-5-8-18-11-13-19(14-12-18)24(17(2)3)27-15-23-28-21-10-7-6-9-20(21)25(31)29(23)16-22(26)30/h6-7,9-14,17,24,27H,4-5,8,15-16H2,1-3H3,(H2,26,30)/t24-/m1/s1. The quantitative estimate of drug-likeness (QED) is 0.523. The predicted molar refractivity (Wildman–Crippen MR) is 125 cm³/mol. The van der Waals surface area contributed by atoms with E-state index in [2.05, 4.69) is 55.3 Å². The monoisotopic (exact) mass is 420 g/mol. The van der Waals surface area contributed by atoms with Gasteiger partial charge in [-0.2, -0.15) is 0 Å². The third-order valence-corrected chi connectivity index (χ3v) is 5.56. The summed E-state index contributed by atoms with van der Waals surface area (Å²) in [5.74, 6) is 0.273. The highest BCUT2D eigenvalue weighted by atomic mass is 16.2. The molecule has 31 heavy (non-hydrogen) atoms. The molecule has 3 aromatic rings. The number of primary amides is 1. The Kier molecular flexibility index (Phi) is 7.58. The van der Waals surface area contributed by atoms with Crippen LogP contribution >= 0.6 is 0 Å². The fourth-order valence-corrected chi connectivity index (χ4v) is 3.88. The number of hydrogen-bond donors (Lipinski definition) is 2. The van der Waals surface area contributed by atoms with Crippen LogP contribution in [0.1, 0.15) is 56.6 Å². The minimum absolute atomic E-state index is 0.0885. The van der Waals surface area contributed by atoms with Crippen LogP contribution in [-0.4, -0.2) is 15.5 Å². The molecule has 0 fully saturated rings. The number of benzene rings is 2. The normalized spacial score (nSPS) is 12.4. The highest BCUT2D eigenvalue weighted by Crippen LogP contribution is 2.23. The molecule has 0 aliphatic rings. The van der Waals surface area contributed by atoms with E-state index in [1.807, 2.05) is 12.1 Å². The minimum atomic E-state index is -0.566. The summed E-state index contributed by atoms with van der Waals surface area (Å²) in [5, 5.41) is 4.03. The lowest BCUT2D eigenvalue weighted by Gasteiger charge is -2.24. The van der Waals surface area contributed by atoms with Crippen molar-refractivity contribution in [3.8, 4) is 0 Å². The molecule has 1 atom stereocenters. The second-order valence-electron chi connectivity index (χ2n) is 8.35. The van der Waals surface area contributed by atoms with E-state index in [9.17, 15) is 9.59 Å². The van der Waals surface area contributed by atoms with Gasteiger partial charge in [0.05, 0.1) is 17.4 Å². The van der Waals surface area contributed by atoms with E-state index in [-0.39, 0.29) is 18.1 Å². The topological polar surface area (TPSA) is 90.0 Å². The van der Waals surface area contributed by atoms with Gasteiger partial charge in [-0.1, -0.05) is 63.6 Å². The first kappa shape index (κ1) is 22.7. The molecule has 0 radical (unpaired) electrons. The smallest absolute Gasteiger partial charge is 0.261 e. The molecular formula is C25H32N4O2. The maximum absolute atomic E-state index is 12.9. The number of nitrogens with zero attached hydrogens (tertiary/aromatic N) is 2. The van der Waals surface area contributed by atoms with Crippen molar-refractivity contribution in [3.63, 3.8) is 0 Å². The zero-order valence-corrected chi connectivity index (χ0v) is 18.6. The number of carbonyl (C=O) groups excluding carboxylic acids is 1. The zero-order valence-electron chi connectivity index (χ0n) is 18.6. The van der Waals surface area contributed by atoms with Crippen LogP contribution in [0, 0.1) is 5.92 Å². The summed E-state index contributed by atoms with van der Waals surface area (Å²) in [6, 6.07) is 16.0. The summed E-state index contributed by atoms with van der Waals surface area (Å²) >= 11 is 0. The Bertz CT molecular complexity index is 1090. The van der Waals surface area contributed by atoms with Crippen molar-refractivity contribution in [2.45, 2.75) is 59.2 Å². The van der Waals surface area contributed by atoms with Crippen molar-refractivity contribution in [1.82, 2.24) is 14.9 Å². The summed E-state index contributed by atoms with van der Waals surface area (Å²) < 4.78 is 1.38. The third-order valence-electron chi connectivity index (χ3n) is 5.56. The number of amides is 1. The molecule has 1 heterocycles. The number of rotatable bonds is 10. The molecule has 1 aromatic heterocycles. The summed E-state index contributed by atoms with van der Waals surface area (Å²) in [6.45, 7) is 6.69. The van der Waals surface area contributed by atoms with E-state index >= 15 is 0 Å². The Morgan fingerprint density at radius 1 is 1.13 bits per heavy atom. The summed E-state index contributed by atoms with van der Waals surface area (Å²) in [7, 11) is 0. The summed E-state index contributed by atoms with van der Waals surface area (Å²) in [5.41, 5.74) is 8.31. The van der Waals surface area contributed by atoms with Gasteiger partial charge in [0.2, 0.25) is 5.91 Å². The third kappa shape index (κ3) is 5.58. The van der Waals surface area contributed by atoms with Crippen molar-refractivity contribution < 1.29 is 4.79 Å². The van der Waals surface area contributed by atoms with Crippen LogP contribution < -0.4 is 16.6 Å². The number of fused-ring (bicyclic) bond motifs is 1. The lowest BCUT2D eigenvalue weighted by Crippen LogP contribution is -2.34. The van der Waals surface area contributed by atoms with Crippen molar-refractivity contribution >= 4 is 16.8 Å². The second kappa shape index (κ2) is 10.4. The van der Waals surface area contributed by atoms with Crippen LogP contribution in [0.4, 0.5) is 0 Å². The van der Waals surface area contributed by atoms with Crippen molar-refractivity contribution in [2.75, 3.05) is 0 Å². The van der Waals surface area contributed by atoms with Gasteiger partial charge in [0.1, 0.15) is 12.4 Å². The number of aryl methyl sites for hydroxylation is 1. The highest BCUT2D eigenvalue weighted by molar-refractivity contribution is 5.78. The number of hydrogen-bond acceptors (Lipinski definition) is 4. The maximum atomic E-state index is 12.9. The first-order chi connectivity index (χ1) is 14.9. The molecule has 0 aliphatic carbocycles. The summed E-state index contributed by atoms with van der Waals surface area (Å²) in [4.78, 5) is 29.2. The van der Waals surface area contributed by atoms with Gasteiger partial charge in [-0.05, 0) is 42.0 Å². The zero-order chi connectivity index (χ0) is 22.4. The van der Waals surface area contributed by atoms with Crippen LogP contribution in [0.25, 0.3) is 10.9 Å². The first-order valence-electron chi connectivity index (χ1n) is 11.0. The van der Waals surface area contributed by atoms with E-state index < -0.39 is 5.91 Å². The Morgan fingerprint density at radius 3 is 2.48 bits per heavy atom. The van der Waals surface area contributed by atoms with Crippen LogP contribution in [-0.2, 0) is 24.3 Å². The first-order valence-corrected chi connectivity index (χ1v) is 11.0. The molecule has 0 saturated carbocycles.